The third-order valence-electron chi connectivity index (χ3n) is 2.67. The van der Waals surface area contributed by atoms with Gasteiger partial charge in [-0.2, -0.15) is 17.4 Å². The molecule has 1 aromatic carbocycles. The Morgan fingerprint density at radius 2 is 1.94 bits per heavy atom. The standard InChI is InChI=1S/C12H20N2O3S/c1-3-14(2)18(16,17)13-10-12(15)9-11-7-5-4-6-8-11/h4-8,12-13,15H,3,9-10H2,1-2H3. The summed E-state index contributed by atoms with van der Waals surface area (Å²) in [5.74, 6) is 0. The Balaban J connectivity index is 2.45. The summed E-state index contributed by atoms with van der Waals surface area (Å²) in [4.78, 5) is 0. The van der Waals surface area contributed by atoms with Gasteiger partial charge in [-0.25, -0.2) is 0 Å². The Morgan fingerprint density at radius 1 is 1.33 bits per heavy atom. The van der Waals surface area contributed by atoms with Gasteiger partial charge in [0.25, 0.3) is 10.2 Å². The van der Waals surface area contributed by atoms with Crippen molar-refractivity contribution in [3.05, 3.63) is 35.9 Å². The lowest BCUT2D eigenvalue weighted by Crippen LogP contribution is -2.41. The van der Waals surface area contributed by atoms with Crippen LogP contribution >= 0.6 is 0 Å². The summed E-state index contributed by atoms with van der Waals surface area (Å²) in [6.07, 6.45) is -0.299. The first kappa shape index (κ1) is 15.1. The summed E-state index contributed by atoms with van der Waals surface area (Å²) >= 11 is 0. The number of aliphatic hydroxyl groups excluding tert-OH is 1. The highest BCUT2D eigenvalue weighted by molar-refractivity contribution is 7.87. The number of benzene rings is 1. The second-order valence-corrected chi connectivity index (χ2v) is 5.97. The van der Waals surface area contributed by atoms with Crippen LogP contribution in [0.2, 0.25) is 0 Å². The van der Waals surface area contributed by atoms with Crippen molar-refractivity contribution in [3.63, 3.8) is 0 Å². The molecule has 102 valence electrons. The maximum Gasteiger partial charge on any atom is 0.279 e. The molecule has 1 aromatic rings. The molecular formula is C12H20N2O3S. The average molecular weight is 272 g/mol. The van der Waals surface area contributed by atoms with E-state index in [2.05, 4.69) is 4.72 Å². The Kier molecular flexibility index (Phi) is 5.74. The fraction of sp³-hybridized carbons (Fsp3) is 0.500. The zero-order chi connectivity index (χ0) is 13.6. The van der Waals surface area contributed by atoms with E-state index in [1.165, 1.54) is 11.4 Å². The molecule has 0 saturated carbocycles. The van der Waals surface area contributed by atoms with Crippen molar-refractivity contribution in [2.24, 2.45) is 0 Å². The van der Waals surface area contributed by atoms with Gasteiger partial charge in [-0.15, -0.1) is 0 Å². The highest BCUT2D eigenvalue weighted by Crippen LogP contribution is 2.03. The molecule has 0 fully saturated rings. The number of aliphatic hydroxyl groups is 1. The van der Waals surface area contributed by atoms with Crippen molar-refractivity contribution >= 4 is 10.2 Å². The first-order valence-corrected chi connectivity index (χ1v) is 7.32. The normalized spacial score (nSPS) is 13.8. The second kappa shape index (κ2) is 6.84. The first-order valence-electron chi connectivity index (χ1n) is 5.88. The predicted octanol–water partition coefficient (Wildman–Crippen LogP) is 0.376. The van der Waals surface area contributed by atoms with Crippen LogP contribution in [-0.2, 0) is 16.6 Å². The van der Waals surface area contributed by atoms with E-state index in [1.807, 2.05) is 30.3 Å². The van der Waals surface area contributed by atoms with Crippen molar-refractivity contribution in [1.82, 2.24) is 9.03 Å². The van der Waals surface area contributed by atoms with Crippen molar-refractivity contribution < 1.29 is 13.5 Å². The van der Waals surface area contributed by atoms with Crippen LogP contribution in [0.25, 0.3) is 0 Å². The quantitative estimate of drug-likeness (QED) is 0.754. The molecular weight excluding hydrogens is 252 g/mol. The third-order valence-corrected chi connectivity index (χ3v) is 4.28. The second-order valence-electron chi connectivity index (χ2n) is 4.11. The van der Waals surface area contributed by atoms with Crippen LogP contribution in [0.3, 0.4) is 0 Å². The first-order chi connectivity index (χ1) is 8.45. The molecule has 2 N–H and O–H groups in total. The zero-order valence-corrected chi connectivity index (χ0v) is 11.5. The largest absolute Gasteiger partial charge is 0.391 e. The van der Waals surface area contributed by atoms with E-state index in [4.69, 9.17) is 0 Å². The highest BCUT2D eigenvalue weighted by atomic mass is 32.2. The molecule has 0 aromatic heterocycles. The minimum atomic E-state index is -3.47. The van der Waals surface area contributed by atoms with Crippen LogP contribution < -0.4 is 4.72 Å². The molecule has 0 spiro atoms. The van der Waals surface area contributed by atoms with E-state index in [9.17, 15) is 13.5 Å². The molecule has 5 nitrogen and oxygen atoms in total. The molecule has 0 heterocycles. The molecule has 1 rings (SSSR count). The van der Waals surface area contributed by atoms with Crippen LogP contribution in [0.1, 0.15) is 12.5 Å². The molecule has 0 amide bonds. The summed E-state index contributed by atoms with van der Waals surface area (Å²) in [5, 5.41) is 9.77. The van der Waals surface area contributed by atoms with Gasteiger partial charge in [0.05, 0.1) is 6.10 Å². The highest BCUT2D eigenvalue weighted by Gasteiger charge is 2.17. The topological polar surface area (TPSA) is 69.6 Å². The van der Waals surface area contributed by atoms with Crippen LogP contribution in [0.4, 0.5) is 0 Å². The zero-order valence-electron chi connectivity index (χ0n) is 10.7. The summed E-state index contributed by atoms with van der Waals surface area (Å²) < 4.78 is 26.8. The van der Waals surface area contributed by atoms with Gasteiger partial charge in [0, 0.05) is 20.1 Å². The number of nitrogens with zero attached hydrogens (tertiary/aromatic N) is 1. The Hall–Kier alpha value is -0.950. The smallest absolute Gasteiger partial charge is 0.279 e. The predicted molar refractivity (Wildman–Crippen MR) is 71.4 cm³/mol. The lowest BCUT2D eigenvalue weighted by Gasteiger charge is -2.17. The number of hydrogen-bond acceptors (Lipinski definition) is 3. The van der Waals surface area contributed by atoms with E-state index in [1.54, 1.807) is 6.92 Å². The monoisotopic (exact) mass is 272 g/mol. The summed E-state index contributed by atoms with van der Waals surface area (Å²) in [5.41, 5.74) is 0.980. The van der Waals surface area contributed by atoms with Crippen LogP contribution in [-0.4, -0.2) is 44.1 Å². The van der Waals surface area contributed by atoms with Crippen molar-refractivity contribution in [2.75, 3.05) is 20.1 Å². The molecule has 1 atom stereocenters. The van der Waals surface area contributed by atoms with Crippen LogP contribution in [0, 0.1) is 0 Å². The van der Waals surface area contributed by atoms with Gasteiger partial charge in [-0.1, -0.05) is 37.3 Å². The van der Waals surface area contributed by atoms with Gasteiger partial charge in [-0.3, -0.25) is 0 Å². The van der Waals surface area contributed by atoms with E-state index in [0.717, 1.165) is 5.56 Å². The number of nitrogens with one attached hydrogen (secondary N) is 1. The van der Waals surface area contributed by atoms with Gasteiger partial charge in [0.1, 0.15) is 0 Å². The van der Waals surface area contributed by atoms with Crippen molar-refractivity contribution in [2.45, 2.75) is 19.4 Å². The van der Waals surface area contributed by atoms with Crippen molar-refractivity contribution in [3.8, 4) is 0 Å². The molecule has 1 unspecified atom stereocenters. The Bertz CT molecular complexity index is 448. The average Bonchev–Trinajstić information content (AvgIpc) is 2.36. The fourth-order valence-electron chi connectivity index (χ4n) is 1.44. The minimum absolute atomic E-state index is 0.0154. The van der Waals surface area contributed by atoms with E-state index in [0.29, 0.717) is 13.0 Å². The van der Waals surface area contributed by atoms with Gasteiger partial charge in [0.2, 0.25) is 0 Å². The van der Waals surface area contributed by atoms with Gasteiger partial charge < -0.3 is 5.11 Å². The minimum Gasteiger partial charge on any atom is -0.391 e. The van der Waals surface area contributed by atoms with Crippen LogP contribution in [0.5, 0.6) is 0 Å². The maximum absolute atomic E-state index is 11.6. The lowest BCUT2D eigenvalue weighted by molar-refractivity contribution is 0.178. The summed E-state index contributed by atoms with van der Waals surface area (Å²) in [6.45, 7) is 2.16. The number of rotatable bonds is 7. The fourth-order valence-corrected chi connectivity index (χ4v) is 2.40. The SMILES string of the molecule is CCN(C)S(=O)(=O)NCC(O)Cc1ccccc1. The Labute approximate surface area is 109 Å². The van der Waals surface area contributed by atoms with E-state index >= 15 is 0 Å². The lowest BCUT2D eigenvalue weighted by atomic mass is 10.1. The third kappa shape index (κ3) is 4.73. The maximum atomic E-state index is 11.6. The van der Waals surface area contributed by atoms with E-state index in [-0.39, 0.29) is 6.54 Å². The molecule has 0 bridgehead atoms. The summed E-state index contributed by atoms with van der Waals surface area (Å²) in [7, 11) is -1.98. The number of hydrogen-bond donors (Lipinski definition) is 2. The molecule has 0 aliphatic heterocycles. The molecule has 18 heavy (non-hydrogen) atoms. The van der Waals surface area contributed by atoms with E-state index < -0.39 is 16.3 Å². The van der Waals surface area contributed by atoms with Gasteiger partial charge in [0.15, 0.2) is 0 Å². The van der Waals surface area contributed by atoms with Crippen molar-refractivity contribution in [1.29, 1.82) is 0 Å². The Morgan fingerprint density at radius 3 is 2.50 bits per heavy atom. The van der Waals surface area contributed by atoms with Gasteiger partial charge >= 0.3 is 0 Å². The van der Waals surface area contributed by atoms with Crippen LogP contribution in [0.15, 0.2) is 30.3 Å². The molecule has 6 heteroatoms. The molecule has 0 saturated heterocycles. The molecule has 0 aliphatic carbocycles. The summed E-state index contributed by atoms with van der Waals surface area (Å²) in [6, 6.07) is 9.47. The molecule has 0 aliphatic rings. The van der Waals surface area contributed by atoms with Gasteiger partial charge in [-0.05, 0) is 12.0 Å². The molecule has 0 radical (unpaired) electrons.